The van der Waals surface area contributed by atoms with Crippen LogP contribution in [0.3, 0.4) is 0 Å². The van der Waals surface area contributed by atoms with Gasteiger partial charge in [-0.2, -0.15) is 0 Å². The molecule has 3 aliphatic rings. The predicted molar refractivity (Wildman–Crippen MR) is 94.1 cm³/mol. The smallest absolute Gasteiger partial charge is 0.320 e. The number of nitrogens with zero attached hydrogens (tertiary/aromatic N) is 3. The van der Waals surface area contributed by atoms with Crippen LogP contribution in [0.1, 0.15) is 18.4 Å². The van der Waals surface area contributed by atoms with Gasteiger partial charge in [-0.3, -0.25) is 4.90 Å². The topological polar surface area (TPSA) is 45.3 Å². The Labute approximate surface area is 149 Å². The van der Waals surface area contributed by atoms with Crippen LogP contribution < -0.4 is 0 Å². The lowest BCUT2D eigenvalue weighted by atomic mass is 10.0. The van der Waals surface area contributed by atoms with E-state index in [0.29, 0.717) is 13.2 Å². The summed E-state index contributed by atoms with van der Waals surface area (Å²) in [6.45, 7) is 7.25. The highest BCUT2D eigenvalue weighted by molar-refractivity contribution is 5.74. The molecule has 1 spiro atoms. The molecule has 0 saturated carbocycles. The van der Waals surface area contributed by atoms with Gasteiger partial charge in [0.1, 0.15) is 0 Å². The molecule has 25 heavy (non-hydrogen) atoms. The van der Waals surface area contributed by atoms with Gasteiger partial charge in [0.25, 0.3) is 0 Å². The van der Waals surface area contributed by atoms with E-state index in [0.717, 1.165) is 58.7 Å². The molecule has 3 fully saturated rings. The normalized spacial score (nSPS) is 24.0. The summed E-state index contributed by atoms with van der Waals surface area (Å²) in [7, 11) is 0. The summed E-state index contributed by atoms with van der Waals surface area (Å²) >= 11 is 0. The number of hydrogen-bond donors (Lipinski definition) is 0. The van der Waals surface area contributed by atoms with Crippen molar-refractivity contribution in [3.05, 3.63) is 35.9 Å². The third kappa shape index (κ3) is 3.81. The van der Waals surface area contributed by atoms with E-state index in [1.807, 2.05) is 15.9 Å². The van der Waals surface area contributed by atoms with Crippen molar-refractivity contribution in [2.45, 2.75) is 25.2 Å². The van der Waals surface area contributed by atoms with Crippen LogP contribution >= 0.6 is 0 Å². The number of amides is 2. The van der Waals surface area contributed by atoms with E-state index in [4.69, 9.17) is 9.47 Å². The number of likely N-dealkylation sites (tertiary alicyclic amines) is 1. The van der Waals surface area contributed by atoms with Gasteiger partial charge in [0.2, 0.25) is 0 Å². The zero-order chi connectivity index (χ0) is 17.1. The largest absolute Gasteiger partial charge is 0.347 e. The maximum atomic E-state index is 12.8. The van der Waals surface area contributed by atoms with E-state index in [2.05, 4.69) is 29.2 Å². The summed E-state index contributed by atoms with van der Waals surface area (Å²) in [5.41, 5.74) is 1.33. The molecule has 0 atom stereocenters. The van der Waals surface area contributed by atoms with Crippen molar-refractivity contribution in [2.24, 2.45) is 0 Å². The highest BCUT2D eigenvalue weighted by atomic mass is 16.7. The number of piperazine rings is 1. The van der Waals surface area contributed by atoms with Crippen LogP contribution in [0.2, 0.25) is 0 Å². The fraction of sp³-hybridized carbons (Fsp3) is 0.632. The zero-order valence-electron chi connectivity index (χ0n) is 14.7. The van der Waals surface area contributed by atoms with Gasteiger partial charge in [-0.25, -0.2) is 4.79 Å². The Morgan fingerprint density at radius 1 is 0.880 bits per heavy atom. The lowest BCUT2D eigenvalue weighted by Crippen LogP contribution is -2.55. The van der Waals surface area contributed by atoms with Crippen LogP contribution in [0, 0.1) is 0 Å². The van der Waals surface area contributed by atoms with Crippen LogP contribution in [0.5, 0.6) is 0 Å². The number of piperidine rings is 1. The number of rotatable bonds is 2. The highest BCUT2D eigenvalue weighted by Crippen LogP contribution is 2.31. The molecule has 0 radical (unpaired) electrons. The van der Waals surface area contributed by atoms with E-state index < -0.39 is 5.79 Å². The summed E-state index contributed by atoms with van der Waals surface area (Å²) in [5, 5.41) is 0. The van der Waals surface area contributed by atoms with Crippen molar-refractivity contribution >= 4 is 6.03 Å². The minimum absolute atomic E-state index is 0.173. The first kappa shape index (κ1) is 16.8. The summed E-state index contributed by atoms with van der Waals surface area (Å²) in [6, 6.07) is 10.7. The average molecular weight is 345 g/mol. The van der Waals surface area contributed by atoms with Crippen molar-refractivity contribution in [1.29, 1.82) is 0 Å². The standard InChI is InChI=1S/C19H27N3O3/c23-18(21-8-6-19(7-9-21)24-14-15-25-19)22-12-10-20(11-13-22)16-17-4-2-1-3-5-17/h1-5H,6-16H2. The molecule has 1 aromatic carbocycles. The quantitative estimate of drug-likeness (QED) is 0.819. The van der Waals surface area contributed by atoms with Crippen molar-refractivity contribution in [3.63, 3.8) is 0 Å². The monoisotopic (exact) mass is 345 g/mol. The SMILES string of the molecule is O=C(N1CCN(Cc2ccccc2)CC1)N1CCC2(CC1)OCCO2. The predicted octanol–water partition coefficient (Wildman–Crippen LogP) is 1.76. The van der Waals surface area contributed by atoms with E-state index in [1.54, 1.807) is 0 Å². The Kier molecular flexibility index (Phi) is 4.92. The lowest BCUT2D eigenvalue weighted by Gasteiger charge is -2.41. The Morgan fingerprint density at radius 3 is 2.12 bits per heavy atom. The molecule has 3 aliphatic heterocycles. The molecule has 3 heterocycles. The first-order chi connectivity index (χ1) is 12.2. The molecule has 3 saturated heterocycles. The summed E-state index contributed by atoms with van der Waals surface area (Å²) in [5.74, 6) is -0.412. The molecule has 2 amide bonds. The maximum absolute atomic E-state index is 12.8. The van der Waals surface area contributed by atoms with Crippen molar-refractivity contribution in [1.82, 2.24) is 14.7 Å². The lowest BCUT2D eigenvalue weighted by molar-refractivity contribution is -0.182. The van der Waals surface area contributed by atoms with E-state index in [9.17, 15) is 4.79 Å². The molecule has 6 heteroatoms. The molecule has 0 aliphatic carbocycles. The van der Waals surface area contributed by atoms with Gasteiger partial charge < -0.3 is 19.3 Å². The molecule has 0 bridgehead atoms. The molecular weight excluding hydrogens is 318 g/mol. The van der Waals surface area contributed by atoms with Crippen LogP contribution in [0.4, 0.5) is 4.79 Å². The molecule has 0 N–H and O–H groups in total. The van der Waals surface area contributed by atoms with Gasteiger partial charge in [-0.15, -0.1) is 0 Å². The van der Waals surface area contributed by atoms with Gasteiger partial charge in [-0.05, 0) is 5.56 Å². The highest BCUT2D eigenvalue weighted by Gasteiger charge is 2.41. The second-order valence-corrected chi connectivity index (χ2v) is 7.13. The second-order valence-electron chi connectivity index (χ2n) is 7.13. The van der Waals surface area contributed by atoms with Gasteiger partial charge >= 0.3 is 6.03 Å². The number of ether oxygens (including phenoxy) is 2. The fourth-order valence-corrected chi connectivity index (χ4v) is 3.96. The van der Waals surface area contributed by atoms with Crippen molar-refractivity contribution in [2.75, 3.05) is 52.5 Å². The zero-order valence-corrected chi connectivity index (χ0v) is 14.7. The van der Waals surface area contributed by atoms with Gasteiger partial charge in [0, 0.05) is 58.7 Å². The number of carbonyl (C=O) groups is 1. The van der Waals surface area contributed by atoms with Gasteiger partial charge in [0.05, 0.1) is 13.2 Å². The van der Waals surface area contributed by atoms with Crippen LogP contribution in [0.15, 0.2) is 30.3 Å². The number of urea groups is 1. The van der Waals surface area contributed by atoms with Crippen LogP contribution in [-0.4, -0.2) is 79.0 Å². The third-order valence-electron chi connectivity index (χ3n) is 5.50. The number of benzene rings is 1. The maximum Gasteiger partial charge on any atom is 0.320 e. The molecule has 0 aromatic heterocycles. The van der Waals surface area contributed by atoms with E-state index in [1.165, 1.54) is 5.56 Å². The average Bonchev–Trinajstić information content (AvgIpc) is 3.11. The number of carbonyl (C=O) groups excluding carboxylic acids is 1. The molecule has 0 unspecified atom stereocenters. The molecule has 4 rings (SSSR count). The summed E-state index contributed by atoms with van der Waals surface area (Å²) in [6.07, 6.45) is 1.57. The van der Waals surface area contributed by atoms with Crippen molar-refractivity contribution < 1.29 is 14.3 Å². The van der Waals surface area contributed by atoms with Crippen LogP contribution in [-0.2, 0) is 16.0 Å². The number of hydrogen-bond acceptors (Lipinski definition) is 4. The van der Waals surface area contributed by atoms with E-state index in [-0.39, 0.29) is 6.03 Å². The minimum Gasteiger partial charge on any atom is -0.347 e. The first-order valence-corrected chi connectivity index (χ1v) is 9.32. The Bertz CT molecular complexity index is 571. The summed E-state index contributed by atoms with van der Waals surface area (Å²) in [4.78, 5) is 19.2. The minimum atomic E-state index is -0.412. The Hall–Kier alpha value is -1.63. The van der Waals surface area contributed by atoms with Crippen LogP contribution in [0.25, 0.3) is 0 Å². The van der Waals surface area contributed by atoms with Crippen molar-refractivity contribution in [3.8, 4) is 0 Å². The fourth-order valence-electron chi connectivity index (χ4n) is 3.96. The Balaban J connectivity index is 1.24. The first-order valence-electron chi connectivity index (χ1n) is 9.32. The third-order valence-corrected chi connectivity index (χ3v) is 5.50. The molecule has 136 valence electrons. The summed E-state index contributed by atoms with van der Waals surface area (Å²) < 4.78 is 11.5. The molecule has 1 aromatic rings. The molecular formula is C19H27N3O3. The van der Waals surface area contributed by atoms with Gasteiger partial charge in [-0.1, -0.05) is 30.3 Å². The second kappa shape index (κ2) is 7.32. The Morgan fingerprint density at radius 2 is 1.48 bits per heavy atom. The van der Waals surface area contributed by atoms with Gasteiger partial charge in [0.15, 0.2) is 5.79 Å². The molecule has 6 nitrogen and oxygen atoms in total. The van der Waals surface area contributed by atoms with E-state index >= 15 is 0 Å².